The molecule has 2 N–H and O–H groups in total. The third-order valence-electron chi connectivity index (χ3n) is 8.77. The van der Waals surface area contributed by atoms with E-state index >= 15 is 0 Å². The van der Waals surface area contributed by atoms with Gasteiger partial charge in [-0.15, -0.1) is 0 Å². The third kappa shape index (κ3) is 6.47. The van der Waals surface area contributed by atoms with Crippen LogP contribution in [0.2, 0.25) is 0 Å². The molecule has 1 aromatic rings. The van der Waals surface area contributed by atoms with Crippen molar-refractivity contribution in [1.29, 1.82) is 0 Å². The number of hydrogen-bond acceptors (Lipinski definition) is 4. The van der Waals surface area contributed by atoms with Gasteiger partial charge in [-0.05, 0) is 86.3 Å². The van der Waals surface area contributed by atoms with Gasteiger partial charge in [-0.2, -0.15) is 0 Å². The van der Waals surface area contributed by atoms with Gasteiger partial charge < -0.3 is 15.3 Å². The van der Waals surface area contributed by atoms with Crippen molar-refractivity contribution in [3.63, 3.8) is 0 Å². The number of carboxylic acid groups (broad SMARTS) is 1. The van der Waals surface area contributed by atoms with Crippen molar-refractivity contribution in [2.24, 2.45) is 22.2 Å². The van der Waals surface area contributed by atoms with Crippen LogP contribution in [-0.4, -0.2) is 45.7 Å². The molecule has 0 unspecified atom stereocenters. The van der Waals surface area contributed by atoms with E-state index in [0.29, 0.717) is 17.4 Å². The van der Waals surface area contributed by atoms with Crippen LogP contribution in [0, 0.1) is 17.3 Å². The van der Waals surface area contributed by atoms with E-state index in [2.05, 4.69) is 37.9 Å². The lowest BCUT2D eigenvalue weighted by atomic mass is 9.69. The SMILES string of the molecule is CCCC[C@H](c1ccc(C(=O)NCCC(=O)O)cc1)N1C(=O)C(CC2CC2)=NC12CCC(C(C)(C)C)CC2. The Balaban J connectivity index is 1.59. The molecule has 2 fully saturated rings. The third-order valence-corrected chi connectivity index (χ3v) is 8.77. The average molecular weight is 524 g/mol. The Bertz CT molecular complexity index is 1040. The smallest absolute Gasteiger partial charge is 0.305 e. The van der Waals surface area contributed by atoms with Crippen LogP contribution in [0.3, 0.4) is 0 Å². The predicted molar refractivity (Wildman–Crippen MR) is 149 cm³/mol. The summed E-state index contributed by atoms with van der Waals surface area (Å²) in [5.41, 5.74) is 2.09. The first-order valence-electron chi connectivity index (χ1n) is 14.6. The second kappa shape index (κ2) is 11.6. The van der Waals surface area contributed by atoms with Crippen molar-refractivity contribution in [2.45, 2.75) is 110 Å². The molecule has 7 nitrogen and oxygen atoms in total. The Kier molecular flexibility index (Phi) is 8.63. The van der Waals surface area contributed by atoms with E-state index in [1.807, 2.05) is 12.1 Å². The molecule has 3 aliphatic rings. The maximum Gasteiger partial charge on any atom is 0.305 e. The summed E-state index contributed by atoms with van der Waals surface area (Å²) in [5, 5.41) is 11.5. The Labute approximate surface area is 227 Å². The number of carbonyl (C=O) groups is 3. The number of carboxylic acids is 1. The number of aliphatic carboxylic acids is 1. The van der Waals surface area contributed by atoms with Crippen molar-refractivity contribution in [3.8, 4) is 0 Å². The molecule has 38 heavy (non-hydrogen) atoms. The van der Waals surface area contributed by atoms with Crippen LogP contribution >= 0.6 is 0 Å². The average Bonchev–Trinajstić information content (AvgIpc) is 3.65. The molecule has 1 atom stereocenters. The molecule has 0 radical (unpaired) electrons. The van der Waals surface area contributed by atoms with Gasteiger partial charge in [0.25, 0.3) is 11.8 Å². The first-order chi connectivity index (χ1) is 18.0. The van der Waals surface area contributed by atoms with Gasteiger partial charge in [-0.25, -0.2) is 0 Å². The van der Waals surface area contributed by atoms with Gasteiger partial charge >= 0.3 is 5.97 Å². The molecule has 1 aromatic carbocycles. The molecule has 4 rings (SSSR count). The van der Waals surface area contributed by atoms with E-state index in [-0.39, 0.29) is 36.2 Å². The van der Waals surface area contributed by atoms with Crippen LogP contribution < -0.4 is 5.32 Å². The molecule has 7 heteroatoms. The van der Waals surface area contributed by atoms with E-state index in [9.17, 15) is 14.4 Å². The highest BCUT2D eigenvalue weighted by molar-refractivity contribution is 6.40. The predicted octanol–water partition coefficient (Wildman–Crippen LogP) is 6.14. The maximum absolute atomic E-state index is 14.0. The first kappa shape index (κ1) is 28.3. The molecule has 1 heterocycles. The van der Waals surface area contributed by atoms with Gasteiger partial charge in [0.2, 0.25) is 0 Å². The van der Waals surface area contributed by atoms with Gasteiger partial charge in [0.15, 0.2) is 0 Å². The van der Waals surface area contributed by atoms with Crippen LogP contribution in [0.5, 0.6) is 0 Å². The van der Waals surface area contributed by atoms with Gasteiger partial charge in [-0.1, -0.05) is 52.7 Å². The molecule has 0 bridgehead atoms. The Morgan fingerprint density at radius 3 is 2.34 bits per heavy atom. The summed E-state index contributed by atoms with van der Waals surface area (Å²) in [4.78, 5) is 44.7. The topological polar surface area (TPSA) is 99.1 Å². The lowest BCUT2D eigenvalue weighted by Crippen LogP contribution is -2.51. The second-order valence-electron chi connectivity index (χ2n) is 12.7. The molecule has 0 aromatic heterocycles. The van der Waals surface area contributed by atoms with E-state index in [0.717, 1.165) is 62.6 Å². The molecule has 1 aliphatic heterocycles. The summed E-state index contributed by atoms with van der Waals surface area (Å²) in [6.45, 7) is 9.22. The summed E-state index contributed by atoms with van der Waals surface area (Å²) in [6, 6.07) is 7.43. The summed E-state index contributed by atoms with van der Waals surface area (Å²) >= 11 is 0. The second-order valence-corrected chi connectivity index (χ2v) is 12.7. The normalized spacial score (nSPS) is 24.4. The number of unbranched alkanes of at least 4 members (excludes halogenated alkanes) is 1. The minimum absolute atomic E-state index is 0.0850. The van der Waals surface area contributed by atoms with E-state index in [1.165, 1.54) is 12.8 Å². The molecule has 2 amide bonds. The molecular weight excluding hydrogens is 478 g/mol. The molecule has 2 saturated carbocycles. The van der Waals surface area contributed by atoms with Crippen LogP contribution in [0.4, 0.5) is 0 Å². The van der Waals surface area contributed by atoms with Crippen molar-refractivity contribution in [2.75, 3.05) is 6.54 Å². The standard InChI is InChI=1S/C31H45N3O4/c1-5-6-7-26(22-10-12-23(13-11-22)28(37)32-19-16-27(35)36)34-29(38)25(20-21-8-9-21)33-31(34)17-14-24(15-18-31)30(2,3)4/h10-13,21,24,26H,5-9,14-20H2,1-4H3,(H,32,37)(H,35,36)/t24?,26-,31?/m1/s1. The number of amides is 2. The summed E-state index contributed by atoms with van der Waals surface area (Å²) in [6.07, 6.45) is 9.94. The van der Waals surface area contributed by atoms with Gasteiger partial charge in [0, 0.05) is 12.1 Å². The zero-order valence-electron chi connectivity index (χ0n) is 23.6. The van der Waals surface area contributed by atoms with Crippen LogP contribution in [0.1, 0.15) is 120 Å². The van der Waals surface area contributed by atoms with Crippen molar-refractivity contribution >= 4 is 23.5 Å². The van der Waals surface area contributed by atoms with Crippen LogP contribution in [0.25, 0.3) is 0 Å². The number of rotatable bonds is 11. The number of benzene rings is 1. The molecular formula is C31H45N3O4. The van der Waals surface area contributed by atoms with Crippen LogP contribution in [-0.2, 0) is 9.59 Å². The number of carbonyl (C=O) groups excluding carboxylic acids is 2. The van der Waals surface area contributed by atoms with Gasteiger partial charge in [-0.3, -0.25) is 19.4 Å². The van der Waals surface area contributed by atoms with Gasteiger partial charge in [0.05, 0.1) is 12.5 Å². The number of aliphatic imine (C=N–C) groups is 1. The fraction of sp³-hybridized carbons (Fsp3) is 0.677. The molecule has 2 aliphatic carbocycles. The minimum Gasteiger partial charge on any atom is -0.481 e. The van der Waals surface area contributed by atoms with E-state index < -0.39 is 11.6 Å². The molecule has 1 spiro atoms. The number of nitrogens with one attached hydrogen (secondary N) is 1. The van der Waals surface area contributed by atoms with Crippen molar-refractivity contribution in [3.05, 3.63) is 35.4 Å². The lowest BCUT2D eigenvalue weighted by Gasteiger charge is -2.47. The molecule has 208 valence electrons. The monoisotopic (exact) mass is 523 g/mol. The maximum atomic E-state index is 14.0. The number of hydrogen-bond donors (Lipinski definition) is 2. The molecule has 0 saturated heterocycles. The number of nitrogens with zero attached hydrogens (tertiary/aromatic N) is 2. The highest BCUT2D eigenvalue weighted by atomic mass is 16.4. The van der Waals surface area contributed by atoms with Crippen LogP contribution in [0.15, 0.2) is 29.3 Å². The largest absolute Gasteiger partial charge is 0.481 e. The first-order valence-corrected chi connectivity index (χ1v) is 14.6. The Hall–Kier alpha value is -2.70. The summed E-state index contributed by atoms with van der Waals surface area (Å²) in [7, 11) is 0. The highest BCUT2D eigenvalue weighted by Gasteiger charge is 2.52. The van der Waals surface area contributed by atoms with E-state index in [1.54, 1.807) is 12.1 Å². The van der Waals surface area contributed by atoms with E-state index in [4.69, 9.17) is 10.1 Å². The fourth-order valence-corrected chi connectivity index (χ4v) is 6.22. The van der Waals surface area contributed by atoms with Crippen molar-refractivity contribution < 1.29 is 19.5 Å². The highest BCUT2D eigenvalue weighted by Crippen LogP contribution is 2.50. The fourth-order valence-electron chi connectivity index (χ4n) is 6.22. The lowest BCUT2D eigenvalue weighted by molar-refractivity contribution is -0.137. The Morgan fingerprint density at radius 2 is 1.79 bits per heavy atom. The zero-order chi connectivity index (χ0) is 27.5. The summed E-state index contributed by atoms with van der Waals surface area (Å²) in [5.74, 6) is 0.118. The quantitative estimate of drug-likeness (QED) is 0.364. The minimum atomic E-state index is -0.941. The van der Waals surface area contributed by atoms with Crippen molar-refractivity contribution in [1.82, 2.24) is 10.2 Å². The Morgan fingerprint density at radius 1 is 1.13 bits per heavy atom. The zero-order valence-corrected chi connectivity index (χ0v) is 23.6. The van der Waals surface area contributed by atoms with Gasteiger partial charge in [0.1, 0.15) is 11.4 Å². The summed E-state index contributed by atoms with van der Waals surface area (Å²) < 4.78 is 0.